The summed E-state index contributed by atoms with van der Waals surface area (Å²) in [5, 5.41) is 1.52. The topological polar surface area (TPSA) is 61.9 Å². The van der Waals surface area contributed by atoms with Gasteiger partial charge in [-0.2, -0.15) is 0 Å². The van der Waals surface area contributed by atoms with E-state index in [-0.39, 0.29) is 18.5 Å². The Labute approximate surface area is 159 Å². The number of hydrazine groups is 1. The van der Waals surface area contributed by atoms with E-state index in [1.54, 1.807) is 24.1 Å². The standard InChI is InChI=1S/C21H25N3O3/c1-3-13-22-24(21(26)17-7-5-4-6-8-17)15-23-19-14-18(27-2)11-9-16(19)10-12-20(23)25/h4-9,11,14,22H,3,10,12-13,15H2,1-2H3. The molecule has 2 aromatic rings. The van der Waals surface area contributed by atoms with Gasteiger partial charge in [-0.05, 0) is 36.6 Å². The molecule has 1 aliphatic rings. The number of anilines is 1. The van der Waals surface area contributed by atoms with Crippen LogP contribution in [0.3, 0.4) is 0 Å². The Bertz CT molecular complexity index is 808. The van der Waals surface area contributed by atoms with Gasteiger partial charge in [0.15, 0.2) is 0 Å². The third kappa shape index (κ3) is 4.28. The van der Waals surface area contributed by atoms with Crippen molar-refractivity contribution in [2.24, 2.45) is 0 Å². The predicted molar refractivity (Wildman–Crippen MR) is 105 cm³/mol. The zero-order chi connectivity index (χ0) is 19.2. The van der Waals surface area contributed by atoms with Crippen LogP contribution in [0, 0.1) is 0 Å². The molecule has 1 aliphatic heterocycles. The number of carbonyl (C=O) groups is 2. The van der Waals surface area contributed by atoms with E-state index in [0.717, 1.165) is 17.7 Å². The minimum Gasteiger partial charge on any atom is -0.497 e. The van der Waals surface area contributed by atoms with E-state index < -0.39 is 0 Å². The van der Waals surface area contributed by atoms with E-state index in [9.17, 15) is 9.59 Å². The van der Waals surface area contributed by atoms with Crippen LogP contribution in [0.25, 0.3) is 0 Å². The Kier molecular flexibility index (Phi) is 6.08. The number of hydrogen-bond donors (Lipinski definition) is 1. The lowest BCUT2D eigenvalue weighted by Gasteiger charge is -2.34. The number of ether oxygens (including phenoxy) is 1. The highest BCUT2D eigenvalue weighted by atomic mass is 16.5. The number of benzene rings is 2. The smallest absolute Gasteiger partial charge is 0.269 e. The molecule has 6 nitrogen and oxygen atoms in total. The molecule has 0 saturated carbocycles. The van der Waals surface area contributed by atoms with Gasteiger partial charge in [0.1, 0.15) is 12.4 Å². The maximum atomic E-state index is 13.0. The number of hydrogen-bond acceptors (Lipinski definition) is 4. The van der Waals surface area contributed by atoms with Gasteiger partial charge in [-0.15, -0.1) is 0 Å². The summed E-state index contributed by atoms with van der Waals surface area (Å²) < 4.78 is 5.32. The van der Waals surface area contributed by atoms with Gasteiger partial charge in [-0.3, -0.25) is 19.5 Å². The average Bonchev–Trinajstić information content (AvgIpc) is 2.72. The van der Waals surface area contributed by atoms with E-state index in [0.29, 0.717) is 30.7 Å². The SMILES string of the molecule is CCCNN(CN1C(=O)CCc2ccc(OC)cc21)C(=O)c1ccccc1. The lowest BCUT2D eigenvalue weighted by molar-refractivity contribution is -0.119. The molecule has 0 aromatic heterocycles. The molecule has 0 bridgehead atoms. The molecule has 0 atom stereocenters. The molecule has 0 radical (unpaired) electrons. The van der Waals surface area contributed by atoms with Gasteiger partial charge in [0.2, 0.25) is 5.91 Å². The molecule has 27 heavy (non-hydrogen) atoms. The summed E-state index contributed by atoms with van der Waals surface area (Å²) in [4.78, 5) is 27.3. The Morgan fingerprint density at radius 3 is 2.67 bits per heavy atom. The molecule has 0 fully saturated rings. The normalized spacial score (nSPS) is 13.3. The van der Waals surface area contributed by atoms with Crippen molar-refractivity contribution >= 4 is 17.5 Å². The fourth-order valence-corrected chi connectivity index (χ4v) is 3.11. The predicted octanol–water partition coefficient (Wildman–Crippen LogP) is 2.99. The van der Waals surface area contributed by atoms with Crippen molar-refractivity contribution in [3.05, 3.63) is 59.7 Å². The molecular formula is C21H25N3O3. The largest absolute Gasteiger partial charge is 0.497 e. The van der Waals surface area contributed by atoms with Crippen LogP contribution in [-0.4, -0.2) is 37.1 Å². The minimum absolute atomic E-state index is 0.0000804. The van der Waals surface area contributed by atoms with Crippen LogP contribution >= 0.6 is 0 Å². The first-order chi connectivity index (χ1) is 13.1. The Balaban J connectivity index is 1.89. The van der Waals surface area contributed by atoms with Crippen molar-refractivity contribution in [1.29, 1.82) is 0 Å². The highest BCUT2D eigenvalue weighted by Gasteiger charge is 2.28. The van der Waals surface area contributed by atoms with Gasteiger partial charge >= 0.3 is 0 Å². The van der Waals surface area contributed by atoms with Crippen molar-refractivity contribution in [2.75, 3.05) is 25.2 Å². The molecule has 1 N–H and O–H groups in total. The summed E-state index contributed by atoms with van der Waals surface area (Å²) in [6.45, 7) is 2.82. The third-order valence-electron chi connectivity index (χ3n) is 4.59. The fourth-order valence-electron chi connectivity index (χ4n) is 3.11. The van der Waals surface area contributed by atoms with Crippen molar-refractivity contribution in [2.45, 2.75) is 26.2 Å². The van der Waals surface area contributed by atoms with Gasteiger partial charge in [0.25, 0.3) is 5.91 Å². The second-order valence-electron chi connectivity index (χ2n) is 6.47. The number of amides is 2. The lowest BCUT2D eigenvalue weighted by atomic mass is 10.0. The Morgan fingerprint density at radius 2 is 1.96 bits per heavy atom. The van der Waals surface area contributed by atoms with Crippen molar-refractivity contribution in [3.8, 4) is 5.75 Å². The number of fused-ring (bicyclic) bond motifs is 1. The molecule has 3 rings (SSSR count). The number of carbonyl (C=O) groups excluding carboxylic acids is 2. The third-order valence-corrected chi connectivity index (χ3v) is 4.59. The first-order valence-electron chi connectivity index (χ1n) is 9.21. The molecule has 6 heteroatoms. The maximum absolute atomic E-state index is 13.0. The molecule has 0 spiro atoms. The van der Waals surface area contributed by atoms with E-state index in [1.807, 2.05) is 43.3 Å². The minimum atomic E-state index is -0.160. The van der Waals surface area contributed by atoms with E-state index >= 15 is 0 Å². The lowest BCUT2D eigenvalue weighted by Crippen LogP contribution is -2.52. The van der Waals surface area contributed by atoms with Crippen LogP contribution < -0.4 is 15.1 Å². The molecule has 0 saturated heterocycles. The van der Waals surface area contributed by atoms with Crippen LogP contribution in [0.1, 0.15) is 35.7 Å². The van der Waals surface area contributed by atoms with Gasteiger partial charge in [0.05, 0.1) is 12.8 Å². The van der Waals surface area contributed by atoms with Gasteiger partial charge < -0.3 is 4.74 Å². The van der Waals surface area contributed by atoms with E-state index in [1.165, 1.54) is 5.01 Å². The van der Waals surface area contributed by atoms with Crippen LogP contribution in [0.2, 0.25) is 0 Å². The van der Waals surface area contributed by atoms with E-state index in [4.69, 9.17) is 4.74 Å². The first-order valence-corrected chi connectivity index (χ1v) is 9.21. The van der Waals surface area contributed by atoms with Crippen LogP contribution in [0.15, 0.2) is 48.5 Å². The van der Waals surface area contributed by atoms with Crippen molar-refractivity contribution in [3.63, 3.8) is 0 Å². The highest BCUT2D eigenvalue weighted by Crippen LogP contribution is 2.31. The first kappa shape index (κ1) is 18.9. The number of aryl methyl sites for hydroxylation is 1. The van der Waals surface area contributed by atoms with E-state index in [2.05, 4.69) is 5.43 Å². The number of rotatable bonds is 7. The summed E-state index contributed by atoms with van der Waals surface area (Å²) in [5.74, 6) is 0.530. The van der Waals surface area contributed by atoms with Crippen molar-refractivity contribution in [1.82, 2.24) is 10.4 Å². The van der Waals surface area contributed by atoms with Gasteiger partial charge in [-0.1, -0.05) is 31.2 Å². The summed E-state index contributed by atoms with van der Waals surface area (Å²) in [6.07, 6.45) is 2.00. The second-order valence-corrected chi connectivity index (χ2v) is 6.47. The molecule has 0 aliphatic carbocycles. The quantitative estimate of drug-likeness (QED) is 0.764. The van der Waals surface area contributed by atoms with Gasteiger partial charge in [0, 0.05) is 24.6 Å². The molecule has 142 valence electrons. The molecule has 1 heterocycles. The van der Waals surface area contributed by atoms with Gasteiger partial charge in [-0.25, -0.2) is 5.43 Å². The second kappa shape index (κ2) is 8.68. The summed E-state index contributed by atoms with van der Waals surface area (Å²) in [5.41, 5.74) is 5.62. The zero-order valence-corrected chi connectivity index (χ0v) is 15.8. The van der Waals surface area contributed by atoms with Crippen LogP contribution in [0.5, 0.6) is 5.75 Å². The number of nitrogens with one attached hydrogen (secondary N) is 1. The monoisotopic (exact) mass is 367 g/mol. The van der Waals surface area contributed by atoms with Crippen LogP contribution in [-0.2, 0) is 11.2 Å². The summed E-state index contributed by atoms with van der Waals surface area (Å²) in [7, 11) is 1.60. The average molecular weight is 367 g/mol. The molecule has 2 amide bonds. The molecular weight excluding hydrogens is 342 g/mol. The van der Waals surface area contributed by atoms with Crippen molar-refractivity contribution < 1.29 is 14.3 Å². The fraction of sp³-hybridized carbons (Fsp3) is 0.333. The van der Waals surface area contributed by atoms with Crippen LogP contribution in [0.4, 0.5) is 5.69 Å². The highest BCUT2D eigenvalue weighted by molar-refractivity contribution is 5.98. The summed E-state index contributed by atoms with van der Waals surface area (Å²) >= 11 is 0. The molecule has 0 unspecified atom stereocenters. The zero-order valence-electron chi connectivity index (χ0n) is 15.8. The summed E-state index contributed by atoms with van der Waals surface area (Å²) in [6, 6.07) is 14.8. The Morgan fingerprint density at radius 1 is 1.19 bits per heavy atom. The number of methoxy groups -OCH3 is 1. The number of nitrogens with zero attached hydrogens (tertiary/aromatic N) is 2. The molecule has 2 aromatic carbocycles. The Hall–Kier alpha value is -2.86. The maximum Gasteiger partial charge on any atom is 0.269 e.